The molecule has 0 radical (unpaired) electrons. The van der Waals surface area contributed by atoms with Gasteiger partial charge in [-0.2, -0.15) is 17.9 Å². The molecular formula is C14H14F3N5O2S. The highest BCUT2D eigenvalue weighted by Crippen LogP contribution is 2.32. The molecule has 7 nitrogen and oxygen atoms in total. The van der Waals surface area contributed by atoms with Crippen molar-refractivity contribution in [3.63, 3.8) is 0 Å². The lowest BCUT2D eigenvalue weighted by molar-refractivity contribution is -0.144. The van der Waals surface area contributed by atoms with Gasteiger partial charge in [0.2, 0.25) is 0 Å². The van der Waals surface area contributed by atoms with E-state index in [1.807, 2.05) is 6.08 Å². The van der Waals surface area contributed by atoms with Crippen LogP contribution in [0.25, 0.3) is 5.82 Å². The molecule has 3 rings (SSSR count). The van der Waals surface area contributed by atoms with Crippen molar-refractivity contribution in [2.24, 2.45) is 0 Å². The molecule has 11 heteroatoms. The standard InChI is InChI=1S/C14H14F3N5O2S/c1-25(23,24)11-8-7-10(19-20-11)22-12(9-5-3-2-4-6-9)18-13(21-22)14(15,16)17/h3,5,7-9H,2,4,6H2,1H3. The summed E-state index contributed by atoms with van der Waals surface area (Å²) in [4.78, 5) is 3.64. The first-order chi connectivity index (χ1) is 11.7. The summed E-state index contributed by atoms with van der Waals surface area (Å²) in [5.74, 6) is -1.52. The van der Waals surface area contributed by atoms with Crippen molar-refractivity contribution in [2.75, 3.05) is 6.26 Å². The molecule has 134 valence electrons. The Morgan fingerprint density at radius 2 is 2.00 bits per heavy atom. The summed E-state index contributed by atoms with van der Waals surface area (Å²) in [5, 5.41) is 10.5. The minimum Gasteiger partial charge on any atom is -0.222 e. The van der Waals surface area contributed by atoms with E-state index in [1.54, 1.807) is 6.08 Å². The van der Waals surface area contributed by atoms with Crippen molar-refractivity contribution >= 4 is 9.84 Å². The van der Waals surface area contributed by atoms with Gasteiger partial charge >= 0.3 is 6.18 Å². The van der Waals surface area contributed by atoms with Gasteiger partial charge in [-0.1, -0.05) is 12.2 Å². The number of alkyl halides is 3. The maximum Gasteiger partial charge on any atom is 0.453 e. The summed E-state index contributed by atoms with van der Waals surface area (Å²) in [7, 11) is -3.56. The number of nitrogens with zero attached hydrogens (tertiary/aromatic N) is 5. The third-order valence-electron chi connectivity index (χ3n) is 3.69. The lowest BCUT2D eigenvalue weighted by Crippen LogP contribution is -2.12. The van der Waals surface area contributed by atoms with Crippen LogP contribution in [0.2, 0.25) is 0 Å². The zero-order chi connectivity index (χ0) is 18.2. The van der Waals surface area contributed by atoms with Crippen LogP contribution in [-0.2, 0) is 16.0 Å². The van der Waals surface area contributed by atoms with E-state index in [2.05, 4.69) is 20.3 Å². The van der Waals surface area contributed by atoms with Crippen LogP contribution in [0.5, 0.6) is 0 Å². The molecule has 0 bridgehead atoms. The van der Waals surface area contributed by atoms with Crippen LogP contribution in [0.1, 0.15) is 36.8 Å². The van der Waals surface area contributed by atoms with Crippen LogP contribution >= 0.6 is 0 Å². The normalized spacial score (nSPS) is 18.5. The van der Waals surface area contributed by atoms with Gasteiger partial charge in [-0.25, -0.2) is 13.4 Å². The van der Waals surface area contributed by atoms with E-state index in [0.29, 0.717) is 6.42 Å². The molecule has 0 aliphatic heterocycles. The van der Waals surface area contributed by atoms with E-state index in [1.165, 1.54) is 12.1 Å². The minimum absolute atomic E-state index is 0.0237. The number of allylic oxidation sites excluding steroid dienone is 2. The van der Waals surface area contributed by atoms with Gasteiger partial charge in [0.05, 0.1) is 0 Å². The number of rotatable bonds is 3. The Labute approximate surface area is 141 Å². The summed E-state index contributed by atoms with van der Waals surface area (Å²) in [6, 6.07) is 2.43. The van der Waals surface area contributed by atoms with E-state index in [0.717, 1.165) is 23.8 Å². The largest absolute Gasteiger partial charge is 0.453 e. The monoisotopic (exact) mass is 373 g/mol. The highest BCUT2D eigenvalue weighted by atomic mass is 32.2. The molecule has 1 aliphatic carbocycles. The summed E-state index contributed by atoms with van der Waals surface area (Å²) in [5.41, 5.74) is 0. The molecular weight excluding hydrogens is 359 g/mol. The Bertz CT molecular complexity index is 904. The van der Waals surface area contributed by atoms with Crippen molar-refractivity contribution in [2.45, 2.75) is 36.4 Å². The molecule has 0 saturated heterocycles. The van der Waals surface area contributed by atoms with E-state index in [4.69, 9.17) is 0 Å². The minimum atomic E-state index is -4.70. The molecule has 2 aromatic rings. The Balaban J connectivity index is 2.09. The van der Waals surface area contributed by atoms with Gasteiger partial charge in [-0.15, -0.1) is 15.3 Å². The second-order valence-electron chi connectivity index (χ2n) is 5.67. The smallest absolute Gasteiger partial charge is 0.222 e. The quantitative estimate of drug-likeness (QED) is 0.767. The Morgan fingerprint density at radius 3 is 2.52 bits per heavy atom. The SMILES string of the molecule is CS(=O)(=O)c1ccc(-n2nc(C(F)(F)F)nc2C2C=CCCC2)nn1. The fraction of sp³-hybridized carbons (Fsp3) is 0.429. The average molecular weight is 373 g/mol. The van der Waals surface area contributed by atoms with Crippen LogP contribution in [-0.4, -0.2) is 39.6 Å². The molecule has 1 atom stereocenters. The first-order valence-corrected chi connectivity index (χ1v) is 9.30. The summed E-state index contributed by atoms with van der Waals surface area (Å²) < 4.78 is 62.9. The molecule has 25 heavy (non-hydrogen) atoms. The highest BCUT2D eigenvalue weighted by Gasteiger charge is 2.38. The van der Waals surface area contributed by atoms with Gasteiger partial charge in [0.25, 0.3) is 5.82 Å². The third kappa shape index (κ3) is 3.70. The van der Waals surface area contributed by atoms with Crippen LogP contribution < -0.4 is 0 Å². The molecule has 1 unspecified atom stereocenters. The lowest BCUT2D eigenvalue weighted by atomic mass is 9.95. The molecule has 2 heterocycles. The fourth-order valence-corrected chi connectivity index (χ4v) is 3.01. The molecule has 1 aliphatic rings. The molecule has 0 aromatic carbocycles. The predicted molar refractivity (Wildman–Crippen MR) is 80.8 cm³/mol. The first kappa shape index (κ1) is 17.5. The second kappa shape index (κ2) is 6.21. The van der Waals surface area contributed by atoms with Gasteiger partial charge in [-0.05, 0) is 31.4 Å². The van der Waals surface area contributed by atoms with E-state index in [-0.39, 0.29) is 22.6 Å². The van der Waals surface area contributed by atoms with Gasteiger partial charge in [-0.3, -0.25) is 0 Å². The summed E-state index contributed by atoms with van der Waals surface area (Å²) in [6.45, 7) is 0. The zero-order valence-corrected chi connectivity index (χ0v) is 13.9. The van der Waals surface area contributed by atoms with E-state index >= 15 is 0 Å². The number of hydrogen-bond donors (Lipinski definition) is 0. The average Bonchev–Trinajstić information content (AvgIpc) is 3.00. The molecule has 0 N–H and O–H groups in total. The Hall–Kier alpha value is -2.30. The van der Waals surface area contributed by atoms with Crippen molar-refractivity contribution in [3.05, 3.63) is 35.9 Å². The maximum absolute atomic E-state index is 13.0. The van der Waals surface area contributed by atoms with Gasteiger partial charge in [0, 0.05) is 12.2 Å². The molecule has 0 fully saturated rings. The molecule has 2 aromatic heterocycles. The second-order valence-corrected chi connectivity index (χ2v) is 7.63. The summed E-state index contributed by atoms with van der Waals surface area (Å²) in [6.07, 6.45) is 2.28. The Kier molecular flexibility index (Phi) is 4.35. The highest BCUT2D eigenvalue weighted by molar-refractivity contribution is 7.90. The Morgan fingerprint density at radius 1 is 1.24 bits per heavy atom. The van der Waals surface area contributed by atoms with Crippen molar-refractivity contribution in [3.8, 4) is 5.82 Å². The first-order valence-electron chi connectivity index (χ1n) is 7.41. The van der Waals surface area contributed by atoms with Crippen LogP contribution in [0, 0.1) is 0 Å². The fourth-order valence-electron chi connectivity index (χ4n) is 2.50. The third-order valence-corrected chi connectivity index (χ3v) is 4.67. The zero-order valence-electron chi connectivity index (χ0n) is 13.1. The van der Waals surface area contributed by atoms with Crippen LogP contribution in [0.3, 0.4) is 0 Å². The van der Waals surface area contributed by atoms with Gasteiger partial charge in [0.1, 0.15) is 5.82 Å². The van der Waals surface area contributed by atoms with Gasteiger partial charge in [0.15, 0.2) is 20.7 Å². The van der Waals surface area contributed by atoms with Crippen molar-refractivity contribution < 1.29 is 21.6 Å². The lowest BCUT2D eigenvalue weighted by Gasteiger charge is -2.15. The maximum atomic E-state index is 13.0. The molecule has 0 saturated carbocycles. The van der Waals surface area contributed by atoms with Crippen LogP contribution in [0.15, 0.2) is 29.3 Å². The number of sulfone groups is 1. The number of aromatic nitrogens is 5. The number of hydrogen-bond acceptors (Lipinski definition) is 6. The van der Waals surface area contributed by atoms with Crippen LogP contribution in [0.4, 0.5) is 13.2 Å². The van der Waals surface area contributed by atoms with E-state index < -0.39 is 21.8 Å². The van der Waals surface area contributed by atoms with Crippen molar-refractivity contribution in [1.82, 2.24) is 25.0 Å². The topological polar surface area (TPSA) is 90.6 Å². The predicted octanol–water partition coefficient (Wildman–Crippen LogP) is 2.30. The van der Waals surface area contributed by atoms with Crippen molar-refractivity contribution in [1.29, 1.82) is 0 Å². The van der Waals surface area contributed by atoms with Gasteiger partial charge < -0.3 is 0 Å². The van der Waals surface area contributed by atoms with E-state index in [9.17, 15) is 21.6 Å². The molecule has 0 amide bonds. The number of halogens is 3. The molecule has 0 spiro atoms. The summed E-state index contributed by atoms with van der Waals surface area (Å²) >= 11 is 0.